The maximum atomic E-state index is 12.4. The number of aromatic nitrogens is 3. The van der Waals surface area contributed by atoms with Gasteiger partial charge in [0.05, 0.1) is 7.11 Å². The monoisotopic (exact) mass is 350 g/mol. The van der Waals surface area contributed by atoms with Crippen LogP contribution in [0.3, 0.4) is 0 Å². The van der Waals surface area contributed by atoms with Crippen LogP contribution >= 0.6 is 23.1 Å². The molecule has 0 spiro atoms. The van der Waals surface area contributed by atoms with Crippen molar-refractivity contribution in [3.05, 3.63) is 27.9 Å². The molecule has 2 heterocycles. The van der Waals surface area contributed by atoms with Crippen LogP contribution in [0.25, 0.3) is 0 Å². The zero-order chi connectivity index (χ0) is 16.2. The quantitative estimate of drug-likeness (QED) is 0.636. The second-order valence-corrected chi connectivity index (χ2v) is 7.72. The van der Waals surface area contributed by atoms with E-state index in [4.69, 9.17) is 4.74 Å². The van der Waals surface area contributed by atoms with Crippen LogP contribution in [-0.4, -0.2) is 40.5 Å². The average Bonchev–Trinajstić information content (AvgIpc) is 3.18. The first-order valence-electron chi connectivity index (χ1n) is 7.45. The van der Waals surface area contributed by atoms with Gasteiger partial charge in [0.15, 0.2) is 4.34 Å². The Kier molecular flexibility index (Phi) is 5.12. The molecule has 1 aliphatic carbocycles. The van der Waals surface area contributed by atoms with Gasteiger partial charge in [-0.05, 0) is 37.8 Å². The number of pyridine rings is 1. The van der Waals surface area contributed by atoms with E-state index < -0.39 is 0 Å². The van der Waals surface area contributed by atoms with Gasteiger partial charge in [-0.25, -0.2) is 4.98 Å². The number of amides is 1. The van der Waals surface area contributed by atoms with E-state index in [1.807, 2.05) is 13.0 Å². The fourth-order valence-electron chi connectivity index (χ4n) is 2.51. The Hall–Kier alpha value is -1.67. The average molecular weight is 350 g/mol. The number of aryl methyl sites for hydroxylation is 3. The number of fused-ring (bicyclic) bond motifs is 1. The van der Waals surface area contributed by atoms with Gasteiger partial charge in [0.2, 0.25) is 5.88 Å². The number of rotatable bonds is 6. The largest absolute Gasteiger partial charge is 0.480 e. The highest BCUT2D eigenvalue weighted by atomic mass is 32.2. The van der Waals surface area contributed by atoms with E-state index in [0.717, 1.165) is 45.6 Å². The summed E-state index contributed by atoms with van der Waals surface area (Å²) in [5.41, 5.74) is 2.74. The number of carbonyl (C=O) groups is 1. The van der Waals surface area contributed by atoms with E-state index in [1.165, 1.54) is 0 Å². The van der Waals surface area contributed by atoms with E-state index in [2.05, 4.69) is 20.5 Å². The fraction of sp³-hybridized carbons (Fsp3) is 0.467. The molecule has 0 atom stereocenters. The van der Waals surface area contributed by atoms with Gasteiger partial charge >= 0.3 is 0 Å². The molecule has 3 rings (SSSR count). The third kappa shape index (κ3) is 3.81. The van der Waals surface area contributed by atoms with Crippen LogP contribution < -0.4 is 10.1 Å². The zero-order valence-electron chi connectivity index (χ0n) is 13.1. The normalized spacial score (nSPS) is 13.0. The predicted octanol–water partition coefficient (Wildman–Crippen LogP) is 2.26. The first kappa shape index (κ1) is 16.2. The van der Waals surface area contributed by atoms with Crippen molar-refractivity contribution in [2.24, 2.45) is 0 Å². The molecule has 0 fully saturated rings. The number of methoxy groups -OCH3 is 1. The lowest BCUT2D eigenvalue weighted by atomic mass is 10.1. The summed E-state index contributed by atoms with van der Waals surface area (Å²) in [6.45, 7) is 2.49. The van der Waals surface area contributed by atoms with Crippen LogP contribution in [0.15, 0.2) is 10.4 Å². The summed E-state index contributed by atoms with van der Waals surface area (Å²) in [6, 6.07) is 1.92. The molecule has 2 aromatic heterocycles. The van der Waals surface area contributed by atoms with E-state index in [1.54, 1.807) is 30.2 Å². The molecule has 1 aliphatic rings. The Morgan fingerprint density at radius 1 is 1.43 bits per heavy atom. The molecule has 0 saturated heterocycles. The molecule has 6 nitrogen and oxygen atoms in total. The van der Waals surface area contributed by atoms with Crippen molar-refractivity contribution >= 4 is 29.0 Å². The van der Waals surface area contributed by atoms with Gasteiger partial charge < -0.3 is 10.1 Å². The van der Waals surface area contributed by atoms with Gasteiger partial charge in [0.25, 0.3) is 5.91 Å². The highest BCUT2D eigenvalue weighted by Gasteiger charge is 2.20. The zero-order valence-corrected chi connectivity index (χ0v) is 14.7. The van der Waals surface area contributed by atoms with Crippen molar-refractivity contribution in [2.45, 2.75) is 30.5 Å². The van der Waals surface area contributed by atoms with Crippen molar-refractivity contribution in [3.63, 3.8) is 0 Å². The number of ether oxygens (including phenoxy) is 1. The second kappa shape index (κ2) is 7.27. The minimum Gasteiger partial charge on any atom is -0.480 e. The Labute approximate surface area is 143 Å². The maximum Gasteiger partial charge on any atom is 0.256 e. The summed E-state index contributed by atoms with van der Waals surface area (Å²) in [5, 5.41) is 11.9. The number of hydrogen-bond donors (Lipinski definition) is 1. The topological polar surface area (TPSA) is 77.0 Å². The first-order chi connectivity index (χ1) is 11.2. The molecule has 0 saturated carbocycles. The van der Waals surface area contributed by atoms with Crippen molar-refractivity contribution in [3.8, 4) is 5.88 Å². The molecule has 1 amide bonds. The Morgan fingerprint density at radius 2 is 2.30 bits per heavy atom. The molecule has 122 valence electrons. The van der Waals surface area contributed by atoms with E-state index >= 15 is 0 Å². The van der Waals surface area contributed by atoms with Crippen molar-refractivity contribution in [2.75, 3.05) is 19.4 Å². The summed E-state index contributed by atoms with van der Waals surface area (Å²) >= 11 is 3.15. The number of nitrogens with zero attached hydrogens (tertiary/aromatic N) is 3. The molecule has 1 N–H and O–H groups in total. The van der Waals surface area contributed by atoms with Gasteiger partial charge in [-0.1, -0.05) is 23.1 Å². The number of thioether (sulfide) groups is 1. The number of nitrogens with one attached hydrogen (secondary N) is 1. The number of hydrogen-bond acceptors (Lipinski definition) is 7. The fourth-order valence-corrected chi connectivity index (χ4v) is 4.25. The molecule has 0 aliphatic heterocycles. The summed E-state index contributed by atoms with van der Waals surface area (Å²) in [6.07, 6.45) is 3.04. The van der Waals surface area contributed by atoms with Crippen LogP contribution in [-0.2, 0) is 12.8 Å². The van der Waals surface area contributed by atoms with E-state index in [0.29, 0.717) is 18.0 Å². The Balaban J connectivity index is 1.57. The standard InChI is InChI=1S/C15H18N4O2S2/c1-9-18-19-15(23-9)22-7-6-16-13(20)11-8-10-4-3-5-12(10)17-14(11)21-2/h8H,3-7H2,1-2H3,(H,16,20). The minimum atomic E-state index is -0.141. The Bertz CT molecular complexity index is 717. The van der Waals surface area contributed by atoms with Crippen LogP contribution in [0.1, 0.15) is 33.0 Å². The number of carbonyl (C=O) groups excluding carboxylic acids is 1. The molecule has 0 aromatic carbocycles. The smallest absolute Gasteiger partial charge is 0.256 e. The van der Waals surface area contributed by atoms with Crippen molar-refractivity contribution < 1.29 is 9.53 Å². The summed E-state index contributed by atoms with van der Waals surface area (Å²) in [7, 11) is 1.55. The van der Waals surface area contributed by atoms with Gasteiger partial charge in [-0.15, -0.1) is 10.2 Å². The first-order valence-corrected chi connectivity index (χ1v) is 9.25. The molecule has 0 bridgehead atoms. The highest BCUT2D eigenvalue weighted by Crippen LogP contribution is 2.26. The molecule has 2 aromatic rings. The lowest BCUT2D eigenvalue weighted by Gasteiger charge is -2.10. The predicted molar refractivity (Wildman–Crippen MR) is 90.5 cm³/mol. The van der Waals surface area contributed by atoms with Crippen molar-refractivity contribution in [1.82, 2.24) is 20.5 Å². The SMILES string of the molecule is COc1nc2c(cc1C(=O)NCCSc1nnc(C)s1)CCC2. The third-order valence-corrected chi connectivity index (χ3v) is 5.55. The highest BCUT2D eigenvalue weighted by molar-refractivity contribution is 8.01. The minimum absolute atomic E-state index is 0.141. The molecule has 0 unspecified atom stereocenters. The molecule has 23 heavy (non-hydrogen) atoms. The van der Waals surface area contributed by atoms with Crippen molar-refractivity contribution in [1.29, 1.82) is 0 Å². The molecule has 8 heteroatoms. The third-order valence-electron chi connectivity index (χ3n) is 3.57. The van der Waals surface area contributed by atoms with Gasteiger partial charge in [0, 0.05) is 18.0 Å². The lowest BCUT2D eigenvalue weighted by molar-refractivity contribution is 0.0952. The maximum absolute atomic E-state index is 12.4. The lowest BCUT2D eigenvalue weighted by Crippen LogP contribution is -2.26. The van der Waals surface area contributed by atoms with Gasteiger partial charge in [0.1, 0.15) is 10.6 Å². The van der Waals surface area contributed by atoms with Gasteiger partial charge in [-0.2, -0.15) is 0 Å². The molecule has 0 radical (unpaired) electrons. The summed E-state index contributed by atoms with van der Waals surface area (Å²) in [4.78, 5) is 16.8. The Morgan fingerprint density at radius 3 is 3.04 bits per heavy atom. The summed E-state index contributed by atoms with van der Waals surface area (Å²) < 4.78 is 6.20. The van der Waals surface area contributed by atoms with Crippen LogP contribution in [0.2, 0.25) is 0 Å². The van der Waals surface area contributed by atoms with E-state index in [-0.39, 0.29) is 5.91 Å². The summed E-state index contributed by atoms with van der Waals surface area (Å²) in [5.74, 6) is 1.02. The van der Waals surface area contributed by atoms with Crippen LogP contribution in [0.4, 0.5) is 0 Å². The molecular formula is C15H18N4O2S2. The van der Waals surface area contributed by atoms with Crippen LogP contribution in [0.5, 0.6) is 5.88 Å². The molecular weight excluding hydrogens is 332 g/mol. The van der Waals surface area contributed by atoms with Gasteiger partial charge in [-0.3, -0.25) is 4.79 Å². The van der Waals surface area contributed by atoms with Crippen LogP contribution in [0, 0.1) is 6.92 Å². The second-order valence-electron chi connectivity index (χ2n) is 5.20. The van der Waals surface area contributed by atoms with E-state index in [9.17, 15) is 4.79 Å².